The lowest BCUT2D eigenvalue weighted by Crippen LogP contribution is -2.22. The Kier molecular flexibility index (Phi) is 5.03. The van der Waals surface area contributed by atoms with E-state index >= 15 is 0 Å². The molecule has 136 valence electrons. The molecule has 2 amide bonds. The number of carbonyl (C=O) groups is 3. The van der Waals surface area contributed by atoms with Crippen LogP contribution in [-0.4, -0.2) is 17.8 Å². The fourth-order valence-electron chi connectivity index (χ4n) is 2.42. The first-order valence-electron chi connectivity index (χ1n) is 8.02. The molecule has 0 saturated carbocycles. The van der Waals surface area contributed by atoms with Gasteiger partial charge in [-0.05, 0) is 54.4 Å². The second-order valence-electron chi connectivity index (χ2n) is 5.78. The molecule has 1 aromatic heterocycles. The minimum Gasteiger partial charge on any atom is -0.545 e. The average molecular weight is 363 g/mol. The molecule has 27 heavy (non-hydrogen) atoms. The maximum absolute atomic E-state index is 12.5. The van der Waals surface area contributed by atoms with Crippen LogP contribution in [0, 0.1) is 6.92 Å². The smallest absolute Gasteiger partial charge is 0.291 e. The number of hydrogen-bond acceptors (Lipinski definition) is 5. The quantitative estimate of drug-likeness (QED) is 0.723. The monoisotopic (exact) mass is 363 g/mol. The summed E-state index contributed by atoms with van der Waals surface area (Å²) in [7, 11) is 0. The normalized spacial score (nSPS) is 10.3. The van der Waals surface area contributed by atoms with Crippen molar-refractivity contribution in [2.75, 3.05) is 10.6 Å². The molecule has 0 atom stereocenters. The number of amides is 2. The van der Waals surface area contributed by atoms with Gasteiger partial charge in [-0.2, -0.15) is 0 Å². The van der Waals surface area contributed by atoms with Crippen molar-refractivity contribution in [1.29, 1.82) is 0 Å². The van der Waals surface area contributed by atoms with Crippen LogP contribution in [0.5, 0.6) is 0 Å². The molecule has 0 bridgehead atoms. The van der Waals surface area contributed by atoms with Crippen LogP contribution in [0.15, 0.2) is 65.3 Å². The topological polar surface area (TPSA) is 111 Å². The fourth-order valence-corrected chi connectivity index (χ4v) is 2.42. The van der Waals surface area contributed by atoms with E-state index in [-0.39, 0.29) is 11.3 Å². The summed E-state index contributed by atoms with van der Waals surface area (Å²) in [6.45, 7) is 1.74. The van der Waals surface area contributed by atoms with E-state index in [0.717, 1.165) is 0 Å². The number of furan rings is 1. The largest absolute Gasteiger partial charge is 0.545 e. The van der Waals surface area contributed by atoms with Crippen molar-refractivity contribution in [3.8, 4) is 0 Å². The molecule has 0 aliphatic rings. The zero-order valence-electron chi connectivity index (χ0n) is 14.3. The van der Waals surface area contributed by atoms with Crippen LogP contribution in [0.4, 0.5) is 11.4 Å². The molecule has 7 heteroatoms. The van der Waals surface area contributed by atoms with Crippen LogP contribution in [0.1, 0.15) is 36.8 Å². The van der Waals surface area contributed by atoms with Crippen LogP contribution < -0.4 is 15.7 Å². The van der Waals surface area contributed by atoms with E-state index in [0.29, 0.717) is 22.5 Å². The molecular weight excluding hydrogens is 348 g/mol. The number of benzene rings is 2. The van der Waals surface area contributed by atoms with Crippen molar-refractivity contribution in [1.82, 2.24) is 0 Å². The minimum absolute atomic E-state index is 0.0321. The van der Waals surface area contributed by atoms with E-state index < -0.39 is 17.8 Å². The van der Waals surface area contributed by atoms with Crippen molar-refractivity contribution in [3.63, 3.8) is 0 Å². The van der Waals surface area contributed by atoms with Gasteiger partial charge < -0.3 is 25.0 Å². The molecule has 0 fully saturated rings. The van der Waals surface area contributed by atoms with Crippen LogP contribution in [0.25, 0.3) is 0 Å². The highest BCUT2D eigenvalue weighted by molar-refractivity contribution is 6.07. The summed E-state index contributed by atoms with van der Waals surface area (Å²) in [5.41, 5.74) is 1.76. The van der Waals surface area contributed by atoms with Gasteiger partial charge in [-0.1, -0.05) is 18.2 Å². The van der Waals surface area contributed by atoms with Crippen molar-refractivity contribution >= 4 is 29.2 Å². The van der Waals surface area contributed by atoms with Gasteiger partial charge in [0.1, 0.15) is 0 Å². The molecule has 0 saturated heterocycles. The summed E-state index contributed by atoms with van der Waals surface area (Å²) in [6.07, 6.45) is 1.39. The molecule has 0 aliphatic heterocycles. The van der Waals surface area contributed by atoms with E-state index in [4.69, 9.17) is 4.42 Å². The summed E-state index contributed by atoms with van der Waals surface area (Å²) in [6, 6.07) is 13.8. The van der Waals surface area contributed by atoms with Crippen LogP contribution in [0.3, 0.4) is 0 Å². The van der Waals surface area contributed by atoms with Gasteiger partial charge in [0.2, 0.25) is 0 Å². The van der Waals surface area contributed by atoms with Crippen molar-refractivity contribution in [2.24, 2.45) is 0 Å². The molecule has 0 spiro atoms. The number of carboxylic acid groups (broad SMARTS) is 1. The third-order valence-electron chi connectivity index (χ3n) is 3.85. The van der Waals surface area contributed by atoms with Crippen LogP contribution in [-0.2, 0) is 0 Å². The second kappa shape index (κ2) is 7.57. The maximum Gasteiger partial charge on any atom is 0.291 e. The Morgan fingerprint density at radius 3 is 2.41 bits per heavy atom. The first-order chi connectivity index (χ1) is 12.9. The molecule has 3 aromatic rings. The summed E-state index contributed by atoms with van der Waals surface area (Å²) in [4.78, 5) is 35.5. The number of anilines is 2. The summed E-state index contributed by atoms with van der Waals surface area (Å²) >= 11 is 0. The third kappa shape index (κ3) is 4.21. The number of aryl methyl sites for hydroxylation is 1. The second-order valence-corrected chi connectivity index (χ2v) is 5.78. The van der Waals surface area contributed by atoms with Crippen LogP contribution in [0.2, 0.25) is 0 Å². The number of carbonyl (C=O) groups excluding carboxylic acids is 3. The molecule has 7 nitrogen and oxygen atoms in total. The first kappa shape index (κ1) is 17.9. The van der Waals surface area contributed by atoms with Gasteiger partial charge in [-0.3, -0.25) is 9.59 Å². The lowest BCUT2D eigenvalue weighted by atomic mass is 10.1. The van der Waals surface area contributed by atoms with Gasteiger partial charge in [0.15, 0.2) is 5.76 Å². The van der Waals surface area contributed by atoms with E-state index in [1.165, 1.54) is 30.5 Å². The van der Waals surface area contributed by atoms with Gasteiger partial charge in [0.05, 0.1) is 12.2 Å². The fraction of sp³-hybridized carbons (Fsp3) is 0.0500. The Bertz CT molecular complexity index is 1010. The molecular formula is C20H15N2O5-. The summed E-state index contributed by atoms with van der Waals surface area (Å²) in [5, 5.41) is 16.3. The number of hydrogen-bond donors (Lipinski definition) is 2. The molecule has 2 aromatic carbocycles. The number of aromatic carboxylic acids is 1. The van der Waals surface area contributed by atoms with Gasteiger partial charge in [0.25, 0.3) is 11.8 Å². The summed E-state index contributed by atoms with van der Waals surface area (Å²) < 4.78 is 5.02. The lowest BCUT2D eigenvalue weighted by molar-refractivity contribution is -0.255. The predicted octanol–water partition coefficient (Wildman–Crippen LogP) is 2.46. The van der Waals surface area contributed by atoms with Gasteiger partial charge in [-0.15, -0.1) is 0 Å². The first-order valence-corrected chi connectivity index (χ1v) is 8.02. The highest BCUT2D eigenvalue weighted by atomic mass is 16.4. The van der Waals surface area contributed by atoms with Crippen molar-refractivity contribution < 1.29 is 23.9 Å². The number of carboxylic acids is 1. The Morgan fingerprint density at radius 1 is 0.889 bits per heavy atom. The zero-order valence-corrected chi connectivity index (χ0v) is 14.3. The Balaban J connectivity index is 1.77. The third-order valence-corrected chi connectivity index (χ3v) is 3.85. The van der Waals surface area contributed by atoms with E-state index in [1.54, 1.807) is 37.3 Å². The van der Waals surface area contributed by atoms with E-state index in [9.17, 15) is 19.5 Å². The number of nitrogens with one attached hydrogen (secondary N) is 2. The molecule has 1 heterocycles. The molecule has 0 radical (unpaired) electrons. The number of rotatable bonds is 5. The summed E-state index contributed by atoms with van der Waals surface area (Å²) in [5.74, 6) is -2.05. The van der Waals surface area contributed by atoms with E-state index in [2.05, 4.69) is 10.6 Å². The lowest BCUT2D eigenvalue weighted by Gasteiger charge is -2.12. The van der Waals surface area contributed by atoms with Crippen LogP contribution >= 0.6 is 0 Å². The van der Waals surface area contributed by atoms with Gasteiger partial charge in [-0.25, -0.2) is 0 Å². The highest BCUT2D eigenvalue weighted by Crippen LogP contribution is 2.19. The SMILES string of the molecule is Cc1ccc(C(=O)[O-])cc1NC(=O)c1cccc(NC(=O)c2ccco2)c1. The standard InChI is InChI=1S/C20H16N2O5/c1-12-7-8-14(20(25)26)11-16(12)22-18(23)13-4-2-5-15(10-13)21-19(24)17-6-3-9-27-17/h2-11H,1H3,(H,21,24)(H,22,23)(H,25,26)/p-1. The maximum atomic E-state index is 12.5. The van der Waals surface area contributed by atoms with Gasteiger partial charge in [0, 0.05) is 16.9 Å². The molecule has 0 unspecified atom stereocenters. The molecule has 2 N–H and O–H groups in total. The minimum atomic E-state index is -1.33. The Morgan fingerprint density at radius 2 is 1.70 bits per heavy atom. The Hall–Kier alpha value is -3.87. The molecule has 0 aliphatic carbocycles. The zero-order chi connectivity index (χ0) is 19.4. The average Bonchev–Trinajstić information content (AvgIpc) is 3.18. The van der Waals surface area contributed by atoms with Crippen molar-refractivity contribution in [2.45, 2.75) is 6.92 Å². The van der Waals surface area contributed by atoms with Gasteiger partial charge >= 0.3 is 0 Å². The predicted molar refractivity (Wildman–Crippen MR) is 96.6 cm³/mol. The Labute approximate surface area is 154 Å². The van der Waals surface area contributed by atoms with E-state index in [1.807, 2.05) is 0 Å². The molecule has 3 rings (SSSR count). The highest BCUT2D eigenvalue weighted by Gasteiger charge is 2.12. The van der Waals surface area contributed by atoms with Crippen molar-refractivity contribution in [3.05, 3.63) is 83.3 Å².